The van der Waals surface area contributed by atoms with Crippen LogP contribution in [0.2, 0.25) is 5.02 Å². The van der Waals surface area contributed by atoms with Crippen LogP contribution >= 0.6 is 11.6 Å². The van der Waals surface area contributed by atoms with Crippen LogP contribution < -0.4 is 5.69 Å². The first kappa shape index (κ1) is 12.8. The lowest BCUT2D eigenvalue weighted by Crippen LogP contribution is -2.16. The van der Waals surface area contributed by atoms with E-state index in [-0.39, 0.29) is 16.3 Å². The summed E-state index contributed by atoms with van der Waals surface area (Å²) < 4.78 is 0.742. The molecule has 2 aromatic rings. The fourth-order valence-corrected chi connectivity index (χ4v) is 1.60. The summed E-state index contributed by atoms with van der Waals surface area (Å²) in [5.41, 5.74) is -0.919. The number of benzene rings is 1. The number of halogens is 1. The highest BCUT2D eigenvalue weighted by molar-refractivity contribution is 6.33. The summed E-state index contributed by atoms with van der Waals surface area (Å²) in [4.78, 5) is 35.1. The fourth-order valence-electron chi connectivity index (χ4n) is 1.40. The van der Waals surface area contributed by atoms with Gasteiger partial charge in [0.05, 0.1) is 16.3 Å². The number of aromatic carboxylic acids is 2. The Morgan fingerprint density at radius 3 is 2.47 bits per heavy atom. The van der Waals surface area contributed by atoms with Crippen molar-refractivity contribution in [3.63, 3.8) is 0 Å². The minimum absolute atomic E-state index is 0.00158. The number of carbonyl (C=O) groups is 2. The maximum absolute atomic E-state index is 11.5. The molecule has 8 nitrogen and oxygen atoms in total. The molecular weight excluding hydrogens is 278 g/mol. The Morgan fingerprint density at radius 1 is 1.26 bits per heavy atom. The number of nitrogens with one attached hydrogen (secondary N) is 1. The molecule has 0 unspecified atom stereocenters. The first-order chi connectivity index (χ1) is 8.90. The monoisotopic (exact) mass is 283 g/mol. The third kappa shape index (κ3) is 2.33. The normalized spacial score (nSPS) is 10.4. The number of aromatic nitrogens is 3. The van der Waals surface area contributed by atoms with Crippen molar-refractivity contribution >= 4 is 23.5 Å². The van der Waals surface area contributed by atoms with Gasteiger partial charge >= 0.3 is 17.6 Å². The lowest BCUT2D eigenvalue weighted by Gasteiger charge is -2.02. The van der Waals surface area contributed by atoms with Gasteiger partial charge in [0.25, 0.3) is 0 Å². The van der Waals surface area contributed by atoms with E-state index in [9.17, 15) is 14.4 Å². The number of aromatic amines is 1. The molecule has 0 saturated carbocycles. The van der Waals surface area contributed by atoms with Gasteiger partial charge in [-0.05, 0) is 18.2 Å². The summed E-state index contributed by atoms with van der Waals surface area (Å²) in [6.07, 6.45) is 0. The number of nitrogens with zero attached hydrogens (tertiary/aromatic N) is 2. The standard InChI is InChI=1S/C10H6ClN3O5/c11-6-2-1-4(3-5(6)8(15)16)14-10(19)12-7(13-14)9(17)18/h1-3H,(H,15,16)(H,17,18)(H,12,13,19). The van der Waals surface area contributed by atoms with E-state index < -0.39 is 23.5 Å². The Bertz CT molecular complexity index is 733. The smallest absolute Gasteiger partial charge is 0.373 e. The van der Waals surface area contributed by atoms with Gasteiger partial charge in [-0.25, -0.2) is 14.4 Å². The molecule has 2 rings (SSSR count). The molecule has 98 valence electrons. The van der Waals surface area contributed by atoms with Crippen molar-refractivity contribution in [3.05, 3.63) is 45.1 Å². The van der Waals surface area contributed by atoms with Crippen LogP contribution in [0.25, 0.3) is 5.69 Å². The van der Waals surface area contributed by atoms with E-state index >= 15 is 0 Å². The Labute approximate surface area is 109 Å². The highest BCUT2D eigenvalue weighted by atomic mass is 35.5. The van der Waals surface area contributed by atoms with Crippen LogP contribution in [0.4, 0.5) is 0 Å². The number of H-pyrrole nitrogens is 1. The molecular formula is C10H6ClN3O5. The zero-order valence-corrected chi connectivity index (χ0v) is 9.88. The Balaban J connectivity index is 2.59. The highest BCUT2D eigenvalue weighted by Gasteiger charge is 2.15. The lowest BCUT2D eigenvalue weighted by atomic mass is 10.2. The van der Waals surface area contributed by atoms with Crippen molar-refractivity contribution in [2.75, 3.05) is 0 Å². The zero-order valence-electron chi connectivity index (χ0n) is 9.12. The molecule has 0 aliphatic rings. The van der Waals surface area contributed by atoms with Crippen molar-refractivity contribution in [3.8, 4) is 5.69 Å². The van der Waals surface area contributed by atoms with Crippen molar-refractivity contribution < 1.29 is 19.8 Å². The number of rotatable bonds is 3. The van der Waals surface area contributed by atoms with Gasteiger partial charge in [-0.15, -0.1) is 5.10 Å². The third-order valence-electron chi connectivity index (χ3n) is 2.25. The minimum Gasteiger partial charge on any atom is -0.478 e. The van der Waals surface area contributed by atoms with Crippen LogP contribution in [0.15, 0.2) is 23.0 Å². The summed E-state index contributed by atoms with van der Waals surface area (Å²) in [6, 6.07) is 3.75. The predicted molar refractivity (Wildman–Crippen MR) is 63.1 cm³/mol. The van der Waals surface area contributed by atoms with Gasteiger partial charge in [0.2, 0.25) is 5.82 Å². The first-order valence-electron chi connectivity index (χ1n) is 4.86. The fraction of sp³-hybridized carbons (Fsp3) is 0. The van der Waals surface area contributed by atoms with E-state index in [1.807, 2.05) is 4.98 Å². The SMILES string of the molecule is O=C(O)c1nn(-c2ccc(Cl)c(C(=O)O)c2)c(=O)[nH]1. The van der Waals surface area contributed by atoms with Crippen LogP contribution in [0.3, 0.4) is 0 Å². The van der Waals surface area contributed by atoms with Gasteiger partial charge < -0.3 is 10.2 Å². The lowest BCUT2D eigenvalue weighted by molar-refractivity contribution is 0.0677. The van der Waals surface area contributed by atoms with Gasteiger partial charge in [-0.1, -0.05) is 11.6 Å². The second-order valence-corrected chi connectivity index (χ2v) is 3.87. The number of hydrogen-bond donors (Lipinski definition) is 3. The molecule has 9 heteroatoms. The molecule has 19 heavy (non-hydrogen) atoms. The Morgan fingerprint density at radius 2 is 1.95 bits per heavy atom. The molecule has 0 amide bonds. The van der Waals surface area contributed by atoms with Crippen LogP contribution in [0.1, 0.15) is 21.0 Å². The summed E-state index contributed by atoms with van der Waals surface area (Å²) >= 11 is 5.68. The molecule has 0 spiro atoms. The van der Waals surface area contributed by atoms with E-state index in [4.69, 9.17) is 21.8 Å². The molecule has 0 fully saturated rings. The molecule has 1 aromatic carbocycles. The summed E-state index contributed by atoms with van der Waals surface area (Å²) in [5, 5.41) is 21.1. The van der Waals surface area contributed by atoms with E-state index in [1.165, 1.54) is 12.1 Å². The van der Waals surface area contributed by atoms with Crippen molar-refractivity contribution in [1.82, 2.24) is 14.8 Å². The van der Waals surface area contributed by atoms with Crippen LogP contribution in [-0.4, -0.2) is 36.9 Å². The Kier molecular flexibility index (Phi) is 3.09. The van der Waals surface area contributed by atoms with Crippen molar-refractivity contribution in [2.45, 2.75) is 0 Å². The Hall–Kier alpha value is -2.61. The topological polar surface area (TPSA) is 125 Å². The van der Waals surface area contributed by atoms with Crippen LogP contribution in [-0.2, 0) is 0 Å². The minimum atomic E-state index is -1.40. The van der Waals surface area contributed by atoms with E-state index in [0.717, 1.165) is 10.7 Å². The van der Waals surface area contributed by atoms with Gasteiger partial charge in [0.1, 0.15) is 0 Å². The zero-order chi connectivity index (χ0) is 14.2. The predicted octanol–water partition coefficient (Wildman–Crippen LogP) is 0.610. The van der Waals surface area contributed by atoms with Crippen molar-refractivity contribution in [2.24, 2.45) is 0 Å². The van der Waals surface area contributed by atoms with Crippen molar-refractivity contribution in [1.29, 1.82) is 0 Å². The van der Waals surface area contributed by atoms with Gasteiger partial charge in [-0.3, -0.25) is 4.98 Å². The van der Waals surface area contributed by atoms with E-state index in [0.29, 0.717) is 0 Å². The highest BCUT2D eigenvalue weighted by Crippen LogP contribution is 2.18. The summed E-state index contributed by atoms with van der Waals surface area (Å²) in [5.74, 6) is -3.21. The van der Waals surface area contributed by atoms with Gasteiger partial charge in [-0.2, -0.15) is 4.68 Å². The molecule has 0 bridgehead atoms. The third-order valence-corrected chi connectivity index (χ3v) is 2.57. The molecule has 3 N–H and O–H groups in total. The maximum Gasteiger partial charge on any atom is 0.373 e. The van der Waals surface area contributed by atoms with Crippen LogP contribution in [0, 0.1) is 0 Å². The van der Waals surface area contributed by atoms with E-state index in [1.54, 1.807) is 0 Å². The molecule has 0 saturated heterocycles. The second kappa shape index (κ2) is 4.58. The molecule has 0 aliphatic heterocycles. The van der Waals surface area contributed by atoms with Crippen LogP contribution in [0.5, 0.6) is 0 Å². The second-order valence-electron chi connectivity index (χ2n) is 3.47. The number of carboxylic acid groups (broad SMARTS) is 2. The molecule has 0 radical (unpaired) electrons. The van der Waals surface area contributed by atoms with Gasteiger partial charge in [0.15, 0.2) is 0 Å². The number of hydrogen-bond acceptors (Lipinski definition) is 4. The molecule has 0 aliphatic carbocycles. The van der Waals surface area contributed by atoms with Gasteiger partial charge in [0, 0.05) is 0 Å². The molecule has 1 heterocycles. The van der Waals surface area contributed by atoms with E-state index in [2.05, 4.69) is 5.10 Å². The average molecular weight is 284 g/mol. The maximum atomic E-state index is 11.5. The average Bonchev–Trinajstić information content (AvgIpc) is 2.72. The molecule has 1 aromatic heterocycles. The largest absolute Gasteiger partial charge is 0.478 e. The quantitative estimate of drug-likeness (QED) is 0.758. The molecule has 0 atom stereocenters. The summed E-state index contributed by atoms with van der Waals surface area (Å²) in [7, 11) is 0. The number of carboxylic acids is 2. The first-order valence-corrected chi connectivity index (χ1v) is 5.24. The summed E-state index contributed by atoms with van der Waals surface area (Å²) in [6.45, 7) is 0.